The Hall–Kier alpha value is 1.59. The minimum atomic E-state index is -0.0995. The first-order valence-electron chi connectivity index (χ1n) is 2.25. The molecule has 0 aromatic rings. The van der Waals surface area contributed by atoms with Crippen LogP contribution in [-0.4, -0.2) is 21.2 Å². The fourth-order valence-electron chi connectivity index (χ4n) is 0.494. The molecule has 1 aliphatic heterocycles. The van der Waals surface area contributed by atoms with Crippen LogP contribution in [0, 0.1) is 0 Å². The molecule has 1 nitrogen and oxygen atoms in total. The second-order valence-electron chi connectivity index (χ2n) is 1.39. The van der Waals surface area contributed by atoms with E-state index < -0.39 is 0 Å². The third-order valence-corrected chi connectivity index (χ3v) is 4.34. The van der Waals surface area contributed by atoms with Crippen LogP contribution in [0.2, 0.25) is 0 Å². The zero-order valence-electron chi connectivity index (χ0n) is 5.12. The van der Waals surface area contributed by atoms with Crippen molar-refractivity contribution in [2.45, 2.75) is 4.58 Å². The molecular weight excluding hydrogens is 183 g/mol. The first-order valence-corrected chi connectivity index (χ1v) is 4.75. The van der Waals surface area contributed by atoms with Gasteiger partial charge in [-0.15, -0.1) is 23.5 Å². The molecule has 1 heterocycles. The van der Waals surface area contributed by atoms with Gasteiger partial charge in [0.2, 0.25) is 0 Å². The van der Waals surface area contributed by atoms with E-state index in [9.17, 15) is 4.79 Å². The van der Waals surface area contributed by atoms with Gasteiger partial charge in [-0.3, -0.25) is 0 Å². The second-order valence-corrected chi connectivity index (χ2v) is 4.52. The largest absolute Gasteiger partial charge is 1.00 e. The molecule has 0 bridgehead atoms. The minimum Gasteiger partial charge on any atom is -0.740 e. The maximum atomic E-state index is 10.4. The summed E-state index contributed by atoms with van der Waals surface area (Å²) in [6, 6.07) is 0. The Balaban J connectivity index is 0.000000640. The average Bonchev–Trinajstić information content (AvgIpc) is 2.12. The standard InChI is InChI=1S/C4H6OS3.Na/c5-3(6)4-7-1-2-8-4;/h4H,1-2H2,(H,5,6);/q;+1/p-1. The molecule has 0 unspecified atom stereocenters. The van der Waals surface area contributed by atoms with Crippen molar-refractivity contribution in [2.24, 2.45) is 0 Å². The van der Waals surface area contributed by atoms with Gasteiger partial charge in [-0.25, -0.2) is 0 Å². The van der Waals surface area contributed by atoms with Crippen LogP contribution in [0.4, 0.5) is 0 Å². The van der Waals surface area contributed by atoms with E-state index in [4.69, 9.17) is 0 Å². The smallest absolute Gasteiger partial charge is 0.740 e. The van der Waals surface area contributed by atoms with Crippen molar-refractivity contribution in [3.63, 3.8) is 0 Å². The van der Waals surface area contributed by atoms with Gasteiger partial charge in [0.15, 0.2) is 0 Å². The van der Waals surface area contributed by atoms with Crippen LogP contribution >= 0.6 is 23.5 Å². The van der Waals surface area contributed by atoms with Crippen LogP contribution in [0.1, 0.15) is 0 Å². The van der Waals surface area contributed by atoms with Crippen molar-refractivity contribution >= 4 is 41.3 Å². The summed E-state index contributed by atoms with van der Waals surface area (Å²) >= 11 is 7.78. The van der Waals surface area contributed by atoms with Gasteiger partial charge in [-0.2, -0.15) is 0 Å². The predicted molar refractivity (Wildman–Crippen MR) is 41.1 cm³/mol. The third kappa shape index (κ3) is 3.49. The first-order chi connectivity index (χ1) is 3.80. The van der Waals surface area contributed by atoms with Crippen molar-refractivity contribution in [1.82, 2.24) is 0 Å². The van der Waals surface area contributed by atoms with Crippen molar-refractivity contribution in [3.05, 3.63) is 0 Å². The van der Waals surface area contributed by atoms with E-state index in [1.165, 1.54) is 0 Å². The molecule has 0 aliphatic carbocycles. The predicted octanol–water partition coefficient (Wildman–Crippen LogP) is -2.13. The molecule has 0 saturated carbocycles. The SMILES string of the molecule is O=C([S-])C1SCCS1.[Na+]. The molecule has 9 heavy (non-hydrogen) atoms. The Morgan fingerprint density at radius 2 is 1.89 bits per heavy atom. The normalized spacial score (nSPS) is 19.1. The van der Waals surface area contributed by atoms with Gasteiger partial charge in [-0.05, 0) is 0 Å². The van der Waals surface area contributed by atoms with Crippen LogP contribution in [0.25, 0.3) is 0 Å². The molecule has 0 aromatic carbocycles. The van der Waals surface area contributed by atoms with E-state index in [-0.39, 0.29) is 39.3 Å². The third-order valence-electron chi connectivity index (χ3n) is 0.814. The number of hydrogen-bond donors (Lipinski definition) is 0. The van der Waals surface area contributed by atoms with Gasteiger partial charge >= 0.3 is 29.6 Å². The summed E-state index contributed by atoms with van der Waals surface area (Å²) < 4.78 is 0.0741. The van der Waals surface area contributed by atoms with E-state index in [2.05, 4.69) is 12.6 Å². The summed E-state index contributed by atoms with van der Waals surface area (Å²) in [5.41, 5.74) is 0. The van der Waals surface area contributed by atoms with Crippen molar-refractivity contribution in [3.8, 4) is 0 Å². The van der Waals surface area contributed by atoms with Gasteiger partial charge < -0.3 is 17.4 Å². The summed E-state index contributed by atoms with van der Waals surface area (Å²) in [7, 11) is 0. The van der Waals surface area contributed by atoms with Crippen LogP contribution in [-0.2, 0) is 17.4 Å². The molecule has 1 fully saturated rings. The molecule has 0 atom stereocenters. The Morgan fingerprint density at radius 1 is 1.44 bits per heavy atom. The topological polar surface area (TPSA) is 17.1 Å². The fourth-order valence-corrected chi connectivity index (χ4v) is 3.34. The van der Waals surface area contributed by atoms with Gasteiger partial charge in [0.25, 0.3) is 0 Å². The maximum Gasteiger partial charge on any atom is 1.00 e. The summed E-state index contributed by atoms with van der Waals surface area (Å²) in [4.78, 5) is 10.4. The maximum absolute atomic E-state index is 10.4. The first kappa shape index (κ1) is 10.6. The quantitative estimate of drug-likeness (QED) is 0.345. The summed E-state index contributed by atoms with van der Waals surface area (Å²) in [5, 5.41) is -0.0995. The average molecular weight is 188 g/mol. The molecule has 1 rings (SSSR count). The molecule has 0 aromatic heterocycles. The van der Waals surface area contributed by atoms with E-state index in [0.29, 0.717) is 0 Å². The van der Waals surface area contributed by atoms with Crippen molar-refractivity contribution < 1.29 is 34.4 Å². The number of thioether (sulfide) groups is 2. The van der Waals surface area contributed by atoms with Gasteiger partial charge in [0, 0.05) is 16.6 Å². The number of hydrogen-bond acceptors (Lipinski definition) is 4. The molecule has 1 saturated heterocycles. The Morgan fingerprint density at radius 3 is 2.11 bits per heavy atom. The zero-order chi connectivity index (χ0) is 5.98. The number of carbonyl (C=O) groups is 1. The van der Waals surface area contributed by atoms with Crippen LogP contribution in [0.5, 0.6) is 0 Å². The molecule has 0 N–H and O–H groups in total. The van der Waals surface area contributed by atoms with E-state index in [0.717, 1.165) is 11.5 Å². The minimum absolute atomic E-state index is 0. The molecular formula is C4H5NaOS3. The van der Waals surface area contributed by atoms with E-state index in [1.807, 2.05) is 0 Å². The molecule has 0 amide bonds. The van der Waals surface area contributed by atoms with E-state index >= 15 is 0 Å². The number of carbonyl (C=O) groups excluding carboxylic acids is 1. The van der Waals surface area contributed by atoms with Gasteiger partial charge in [0.05, 0.1) is 4.58 Å². The molecule has 0 spiro atoms. The summed E-state index contributed by atoms with van der Waals surface area (Å²) in [6.45, 7) is 0. The molecule has 1 aliphatic rings. The van der Waals surface area contributed by atoms with Crippen LogP contribution in [0.3, 0.4) is 0 Å². The zero-order valence-corrected chi connectivity index (χ0v) is 9.57. The summed E-state index contributed by atoms with van der Waals surface area (Å²) in [6.07, 6.45) is 0. The van der Waals surface area contributed by atoms with Crippen LogP contribution in [0.15, 0.2) is 0 Å². The monoisotopic (exact) mass is 188 g/mol. The second kappa shape index (κ2) is 5.27. The van der Waals surface area contributed by atoms with E-state index in [1.54, 1.807) is 23.5 Å². The van der Waals surface area contributed by atoms with Gasteiger partial charge in [0.1, 0.15) is 0 Å². The Kier molecular flexibility index (Phi) is 6.20. The molecule has 46 valence electrons. The van der Waals surface area contributed by atoms with Crippen molar-refractivity contribution in [1.29, 1.82) is 0 Å². The Labute approximate surface area is 90.8 Å². The van der Waals surface area contributed by atoms with Crippen LogP contribution < -0.4 is 29.6 Å². The molecule has 5 heteroatoms. The van der Waals surface area contributed by atoms with Gasteiger partial charge in [-0.1, -0.05) is 0 Å². The fraction of sp³-hybridized carbons (Fsp3) is 0.750. The molecule has 0 radical (unpaired) electrons. The van der Waals surface area contributed by atoms with Crippen molar-refractivity contribution in [2.75, 3.05) is 11.5 Å². The Bertz CT molecular complexity index is 102. The summed E-state index contributed by atoms with van der Waals surface area (Å²) in [5.74, 6) is 2.16. The number of rotatable bonds is 1.